The van der Waals surface area contributed by atoms with Gasteiger partial charge in [-0.3, -0.25) is 9.59 Å². The van der Waals surface area contributed by atoms with Crippen LogP contribution in [0.15, 0.2) is 30.3 Å². The van der Waals surface area contributed by atoms with Gasteiger partial charge in [-0.15, -0.1) is 0 Å². The van der Waals surface area contributed by atoms with E-state index in [4.69, 9.17) is 10.5 Å². The zero-order valence-electron chi connectivity index (χ0n) is 19.0. The van der Waals surface area contributed by atoms with Crippen molar-refractivity contribution in [2.75, 3.05) is 26.2 Å². The van der Waals surface area contributed by atoms with E-state index >= 15 is 0 Å². The lowest BCUT2D eigenvalue weighted by Gasteiger charge is -2.24. The molecule has 1 saturated heterocycles. The summed E-state index contributed by atoms with van der Waals surface area (Å²) in [7, 11) is 0. The molecular weight excluding hydrogens is 408 g/mol. The molecule has 0 aromatic heterocycles. The highest BCUT2D eigenvalue weighted by molar-refractivity contribution is 5.87. The van der Waals surface area contributed by atoms with E-state index < -0.39 is 12.1 Å². The number of likely N-dealkylation sites (tertiary alicyclic amines) is 1. The Bertz CT molecular complexity index is 692. The van der Waals surface area contributed by atoms with Crippen molar-refractivity contribution in [3.05, 3.63) is 35.9 Å². The molecule has 1 atom stereocenters. The average Bonchev–Trinajstić information content (AvgIpc) is 3.34. The lowest BCUT2D eigenvalue weighted by atomic mass is 10.1. The van der Waals surface area contributed by atoms with Crippen LogP contribution >= 0.6 is 0 Å². The fourth-order valence-electron chi connectivity index (χ4n) is 3.73. The molecule has 1 aromatic rings. The summed E-state index contributed by atoms with van der Waals surface area (Å²) in [6.45, 7) is 2.90. The highest BCUT2D eigenvalue weighted by Crippen LogP contribution is 2.13. The molecule has 1 aromatic carbocycles. The van der Waals surface area contributed by atoms with Gasteiger partial charge < -0.3 is 26.0 Å². The summed E-state index contributed by atoms with van der Waals surface area (Å²) in [5, 5.41) is 5.66. The number of nitrogens with zero attached hydrogens (tertiary/aromatic N) is 1. The Morgan fingerprint density at radius 2 is 1.75 bits per heavy atom. The van der Waals surface area contributed by atoms with Crippen molar-refractivity contribution >= 4 is 17.9 Å². The molecule has 1 unspecified atom stereocenters. The van der Waals surface area contributed by atoms with E-state index in [1.165, 1.54) is 0 Å². The van der Waals surface area contributed by atoms with Gasteiger partial charge in [-0.2, -0.15) is 0 Å². The Labute approximate surface area is 191 Å². The summed E-state index contributed by atoms with van der Waals surface area (Å²) >= 11 is 0. The molecule has 178 valence electrons. The van der Waals surface area contributed by atoms with E-state index in [0.29, 0.717) is 32.4 Å². The van der Waals surface area contributed by atoms with Crippen molar-refractivity contribution in [1.29, 1.82) is 0 Å². The number of carbonyl (C=O) groups is 3. The highest BCUT2D eigenvalue weighted by atomic mass is 16.5. The zero-order valence-corrected chi connectivity index (χ0v) is 19.0. The fourth-order valence-corrected chi connectivity index (χ4v) is 3.73. The molecule has 3 amide bonds. The second kappa shape index (κ2) is 15.2. The van der Waals surface area contributed by atoms with Crippen molar-refractivity contribution in [3.8, 4) is 0 Å². The van der Waals surface area contributed by atoms with Crippen LogP contribution in [0.2, 0.25) is 0 Å². The third kappa shape index (κ3) is 10.1. The van der Waals surface area contributed by atoms with Crippen LogP contribution in [0, 0.1) is 0 Å². The van der Waals surface area contributed by atoms with Crippen molar-refractivity contribution < 1.29 is 19.1 Å². The van der Waals surface area contributed by atoms with Gasteiger partial charge in [-0.05, 0) is 57.1 Å². The number of ether oxygens (including phenoxy) is 1. The largest absolute Gasteiger partial charge is 0.445 e. The first kappa shape index (κ1) is 25.6. The van der Waals surface area contributed by atoms with E-state index in [1.807, 2.05) is 35.2 Å². The maximum atomic E-state index is 12.7. The molecule has 2 rings (SSSR count). The Morgan fingerprint density at radius 1 is 1.00 bits per heavy atom. The molecule has 0 spiro atoms. The molecule has 8 heteroatoms. The highest BCUT2D eigenvalue weighted by Gasteiger charge is 2.27. The van der Waals surface area contributed by atoms with Gasteiger partial charge in [-0.25, -0.2) is 4.79 Å². The van der Waals surface area contributed by atoms with Gasteiger partial charge in [0.25, 0.3) is 0 Å². The van der Waals surface area contributed by atoms with Crippen LogP contribution in [-0.4, -0.2) is 55.0 Å². The van der Waals surface area contributed by atoms with Crippen molar-refractivity contribution in [2.24, 2.45) is 5.73 Å². The molecular formula is C24H38N4O4. The number of alkyl carbamates (subject to hydrolysis) is 1. The molecule has 32 heavy (non-hydrogen) atoms. The van der Waals surface area contributed by atoms with E-state index in [0.717, 1.165) is 57.2 Å². The standard InChI is InChI=1S/C24H38N4O4/c25-15-7-6-13-21(23(30)28-17-9-10-18-28)27-22(29)14-5-2-8-16-26-24(31)32-19-20-11-3-1-4-12-20/h1,3-4,11-12,21H,2,5-10,13-19,25H2,(H,26,31)(H,27,29). The Hall–Kier alpha value is -2.61. The normalized spacial score (nSPS) is 14.1. The van der Waals surface area contributed by atoms with Gasteiger partial charge in [0.1, 0.15) is 12.6 Å². The van der Waals surface area contributed by atoms with Crippen LogP contribution in [0.3, 0.4) is 0 Å². The monoisotopic (exact) mass is 446 g/mol. The predicted octanol–water partition coefficient (Wildman–Crippen LogP) is 2.71. The summed E-state index contributed by atoms with van der Waals surface area (Å²) in [5.74, 6) is -0.0587. The quantitative estimate of drug-likeness (QED) is 0.380. The zero-order chi connectivity index (χ0) is 23.0. The van der Waals surface area contributed by atoms with Gasteiger partial charge >= 0.3 is 6.09 Å². The number of nitrogens with one attached hydrogen (secondary N) is 2. The summed E-state index contributed by atoms with van der Waals surface area (Å²) in [5.41, 5.74) is 6.51. The van der Waals surface area contributed by atoms with E-state index in [9.17, 15) is 14.4 Å². The minimum atomic E-state index is -0.451. The Kier molecular flexibility index (Phi) is 12.2. The Morgan fingerprint density at radius 3 is 2.47 bits per heavy atom. The number of amides is 3. The molecule has 4 N–H and O–H groups in total. The van der Waals surface area contributed by atoms with Gasteiger partial charge in [0, 0.05) is 26.1 Å². The third-order valence-electron chi connectivity index (χ3n) is 5.56. The van der Waals surface area contributed by atoms with Crippen LogP contribution in [0.25, 0.3) is 0 Å². The summed E-state index contributed by atoms with van der Waals surface area (Å²) in [6, 6.07) is 9.07. The van der Waals surface area contributed by atoms with E-state index in [-0.39, 0.29) is 18.4 Å². The summed E-state index contributed by atoms with van der Waals surface area (Å²) in [6.07, 6.45) is 6.59. The molecule has 0 bridgehead atoms. The molecule has 1 aliphatic rings. The minimum Gasteiger partial charge on any atom is -0.445 e. The molecule has 0 aliphatic carbocycles. The fraction of sp³-hybridized carbons (Fsp3) is 0.625. The molecule has 0 saturated carbocycles. The smallest absolute Gasteiger partial charge is 0.407 e. The number of benzene rings is 1. The van der Waals surface area contributed by atoms with Gasteiger partial charge in [0.05, 0.1) is 0 Å². The minimum absolute atomic E-state index is 0.0334. The second-order valence-electron chi connectivity index (χ2n) is 8.24. The number of unbranched alkanes of at least 4 members (excludes halogenated alkanes) is 3. The van der Waals surface area contributed by atoms with Crippen molar-refractivity contribution in [3.63, 3.8) is 0 Å². The predicted molar refractivity (Wildman–Crippen MR) is 124 cm³/mol. The lowest BCUT2D eigenvalue weighted by molar-refractivity contribution is -0.135. The first-order valence-corrected chi connectivity index (χ1v) is 11.8. The van der Waals surface area contributed by atoms with Crippen LogP contribution in [0.1, 0.15) is 63.4 Å². The molecule has 1 fully saturated rings. The lowest BCUT2D eigenvalue weighted by Crippen LogP contribution is -2.47. The summed E-state index contributed by atoms with van der Waals surface area (Å²) in [4.78, 5) is 38.7. The summed E-state index contributed by atoms with van der Waals surface area (Å²) < 4.78 is 5.16. The number of carbonyl (C=O) groups excluding carboxylic acids is 3. The SMILES string of the molecule is NCCCCC(NC(=O)CCCCCNC(=O)OCc1ccccc1)C(=O)N1CCCC1. The molecule has 1 aliphatic heterocycles. The van der Waals surface area contributed by atoms with Crippen molar-refractivity contribution in [1.82, 2.24) is 15.5 Å². The topological polar surface area (TPSA) is 114 Å². The van der Waals surface area contributed by atoms with Crippen LogP contribution in [-0.2, 0) is 20.9 Å². The maximum absolute atomic E-state index is 12.7. The molecule has 1 heterocycles. The number of rotatable bonds is 14. The first-order chi connectivity index (χ1) is 15.6. The second-order valence-corrected chi connectivity index (χ2v) is 8.24. The van der Waals surface area contributed by atoms with E-state index in [2.05, 4.69) is 10.6 Å². The van der Waals surface area contributed by atoms with Gasteiger partial charge in [-0.1, -0.05) is 36.8 Å². The van der Waals surface area contributed by atoms with Crippen LogP contribution < -0.4 is 16.4 Å². The molecule has 0 radical (unpaired) electrons. The first-order valence-electron chi connectivity index (χ1n) is 11.8. The van der Waals surface area contributed by atoms with Crippen LogP contribution in [0.4, 0.5) is 4.79 Å². The number of hydrogen-bond donors (Lipinski definition) is 3. The third-order valence-corrected chi connectivity index (χ3v) is 5.56. The average molecular weight is 447 g/mol. The van der Waals surface area contributed by atoms with E-state index in [1.54, 1.807) is 0 Å². The number of nitrogens with two attached hydrogens (primary N) is 1. The van der Waals surface area contributed by atoms with Crippen LogP contribution in [0.5, 0.6) is 0 Å². The molecule has 8 nitrogen and oxygen atoms in total. The maximum Gasteiger partial charge on any atom is 0.407 e. The van der Waals surface area contributed by atoms with Gasteiger partial charge in [0.15, 0.2) is 0 Å². The van der Waals surface area contributed by atoms with Crippen molar-refractivity contribution in [2.45, 2.75) is 70.4 Å². The number of hydrogen-bond acceptors (Lipinski definition) is 5. The van der Waals surface area contributed by atoms with Gasteiger partial charge in [0.2, 0.25) is 11.8 Å². The Balaban J connectivity index is 1.57.